The van der Waals surface area contributed by atoms with Gasteiger partial charge in [0, 0.05) is 18.3 Å². The van der Waals surface area contributed by atoms with Crippen LogP contribution in [0.5, 0.6) is 0 Å². The monoisotopic (exact) mass is 384 g/mol. The highest BCUT2D eigenvalue weighted by Crippen LogP contribution is 2.30. The molecule has 2 aromatic carbocycles. The first kappa shape index (κ1) is 16.3. The number of halogens is 1. The summed E-state index contributed by atoms with van der Waals surface area (Å²) < 4.78 is 2.81. The molecule has 3 aromatic rings. The number of amides is 2. The van der Waals surface area contributed by atoms with E-state index < -0.39 is 6.03 Å². The molecule has 3 rings (SSSR count). The van der Waals surface area contributed by atoms with E-state index in [1.54, 1.807) is 0 Å². The number of rotatable bonds is 4. The average molecular weight is 385 g/mol. The second-order valence-electron chi connectivity index (χ2n) is 5.24. The number of primary amides is 1. The predicted molar refractivity (Wildman–Crippen MR) is 99.2 cm³/mol. The number of carbonyl (C=O) groups is 1. The molecule has 0 aliphatic heterocycles. The van der Waals surface area contributed by atoms with Crippen LogP contribution in [-0.4, -0.2) is 15.8 Å². The van der Waals surface area contributed by atoms with E-state index in [4.69, 9.17) is 5.73 Å². The Kier molecular flexibility index (Phi) is 4.66. The Morgan fingerprint density at radius 1 is 1.12 bits per heavy atom. The molecule has 1 aromatic heterocycles. The fraction of sp³-hybridized carbons (Fsp3) is 0.111. The lowest BCUT2D eigenvalue weighted by atomic mass is 10.1. The van der Waals surface area contributed by atoms with Gasteiger partial charge in [0.05, 0.1) is 15.8 Å². The molecule has 0 atom stereocenters. The van der Waals surface area contributed by atoms with E-state index >= 15 is 0 Å². The zero-order chi connectivity index (χ0) is 17.1. The lowest BCUT2D eigenvalue weighted by molar-refractivity contribution is 0.256. The van der Waals surface area contributed by atoms with E-state index in [1.807, 2.05) is 72.4 Å². The van der Waals surface area contributed by atoms with Gasteiger partial charge in [0.2, 0.25) is 0 Å². The normalized spacial score (nSPS) is 10.6. The molecule has 2 N–H and O–H groups in total. The molecule has 24 heavy (non-hydrogen) atoms. The molecule has 2 amide bonds. The topological polar surface area (TPSA) is 64.2 Å². The van der Waals surface area contributed by atoms with Crippen molar-refractivity contribution in [3.8, 4) is 11.3 Å². The van der Waals surface area contributed by atoms with Crippen molar-refractivity contribution in [2.45, 2.75) is 13.5 Å². The Morgan fingerprint density at radius 3 is 2.29 bits per heavy atom. The van der Waals surface area contributed by atoms with E-state index in [1.165, 1.54) is 4.90 Å². The maximum Gasteiger partial charge on any atom is 0.323 e. The third-order valence-electron chi connectivity index (χ3n) is 3.67. The number of hydrogen-bond donors (Lipinski definition) is 1. The Balaban J connectivity index is 1.95. The van der Waals surface area contributed by atoms with Gasteiger partial charge in [-0.3, -0.25) is 9.58 Å². The molecule has 0 fully saturated rings. The van der Waals surface area contributed by atoms with E-state index in [0.29, 0.717) is 5.69 Å². The Bertz CT molecular complexity index is 843. The van der Waals surface area contributed by atoms with Crippen LogP contribution < -0.4 is 10.6 Å². The fourth-order valence-electron chi connectivity index (χ4n) is 2.50. The van der Waals surface area contributed by atoms with Gasteiger partial charge in [0.25, 0.3) is 0 Å². The maximum atomic E-state index is 11.9. The molecule has 0 aliphatic carbocycles. The van der Waals surface area contributed by atoms with Crippen LogP contribution in [0.3, 0.4) is 0 Å². The summed E-state index contributed by atoms with van der Waals surface area (Å²) in [5.74, 6) is 0. The fourth-order valence-corrected chi connectivity index (χ4v) is 3.05. The van der Waals surface area contributed by atoms with Gasteiger partial charge in [-0.05, 0) is 47.1 Å². The van der Waals surface area contributed by atoms with Crippen LogP contribution in [0.2, 0.25) is 0 Å². The summed E-state index contributed by atoms with van der Waals surface area (Å²) in [5, 5.41) is 4.53. The van der Waals surface area contributed by atoms with Crippen molar-refractivity contribution >= 4 is 33.3 Å². The van der Waals surface area contributed by atoms with Crippen LogP contribution in [0.4, 0.5) is 16.2 Å². The summed E-state index contributed by atoms with van der Waals surface area (Å²) in [6, 6.07) is 16.4. The SMILES string of the molecule is CCn1cc(Br)c(-c2ccc(N(C(N)=O)c3ccccc3)cc2)n1. The smallest absolute Gasteiger partial charge is 0.323 e. The van der Waals surface area contributed by atoms with Crippen LogP contribution in [0.15, 0.2) is 65.3 Å². The number of anilines is 2. The lowest BCUT2D eigenvalue weighted by Crippen LogP contribution is -2.31. The van der Waals surface area contributed by atoms with Crippen molar-refractivity contribution in [1.82, 2.24) is 9.78 Å². The van der Waals surface area contributed by atoms with Gasteiger partial charge in [-0.1, -0.05) is 30.3 Å². The first-order chi connectivity index (χ1) is 11.6. The van der Waals surface area contributed by atoms with Crippen LogP contribution in [-0.2, 0) is 6.54 Å². The number of nitrogens with two attached hydrogens (primary N) is 1. The van der Waals surface area contributed by atoms with Crippen molar-refractivity contribution in [2.24, 2.45) is 5.73 Å². The lowest BCUT2D eigenvalue weighted by Gasteiger charge is -2.20. The number of aromatic nitrogens is 2. The molecule has 0 saturated carbocycles. The summed E-state index contributed by atoms with van der Waals surface area (Å²) in [6.07, 6.45) is 1.95. The number of para-hydroxylation sites is 1. The quantitative estimate of drug-likeness (QED) is 0.716. The number of carbonyl (C=O) groups excluding carboxylic acids is 1. The first-order valence-electron chi connectivity index (χ1n) is 7.58. The highest BCUT2D eigenvalue weighted by molar-refractivity contribution is 9.10. The standard InChI is InChI=1S/C18H17BrN4O/c1-2-22-12-16(19)17(21-22)13-8-10-15(11-9-13)23(18(20)24)14-6-4-3-5-7-14/h3-12H,2H2,1H3,(H2,20,24). The summed E-state index contributed by atoms with van der Waals surface area (Å²) in [7, 11) is 0. The number of nitrogens with zero attached hydrogens (tertiary/aromatic N) is 3. The minimum absolute atomic E-state index is 0.523. The van der Waals surface area contributed by atoms with E-state index in [0.717, 1.165) is 28.0 Å². The maximum absolute atomic E-state index is 11.9. The average Bonchev–Trinajstić information content (AvgIpc) is 2.97. The molecular weight excluding hydrogens is 368 g/mol. The van der Waals surface area contributed by atoms with Crippen molar-refractivity contribution in [1.29, 1.82) is 0 Å². The van der Waals surface area contributed by atoms with Crippen molar-refractivity contribution in [2.75, 3.05) is 4.90 Å². The summed E-state index contributed by atoms with van der Waals surface area (Å²) in [4.78, 5) is 13.4. The Hall–Kier alpha value is -2.60. The van der Waals surface area contributed by atoms with Crippen molar-refractivity contribution < 1.29 is 4.79 Å². The van der Waals surface area contributed by atoms with Crippen molar-refractivity contribution in [3.63, 3.8) is 0 Å². The second-order valence-corrected chi connectivity index (χ2v) is 6.09. The summed E-state index contributed by atoms with van der Waals surface area (Å²) in [6.45, 7) is 2.84. The molecule has 0 bridgehead atoms. The number of urea groups is 1. The van der Waals surface area contributed by atoms with Gasteiger partial charge >= 0.3 is 6.03 Å². The van der Waals surface area contributed by atoms with Gasteiger partial charge in [-0.25, -0.2) is 4.79 Å². The highest BCUT2D eigenvalue weighted by atomic mass is 79.9. The van der Waals surface area contributed by atoms with Gasteiger partial charge in [-0.2, -0.15) is 5.10 Å². The van der Waals surface area contributed by atoms with Crippen LogP contribution >= 0.6 is 15.9 Å². The second kappa shape index (κ2) is 6.88. The molecule has 0 radical (unpaired) electrons. The Morgan fingerprint density at radius 2 is 1.75 bits per heavy atom. The summed E-state index contributed by atoms with van der Waals surface area (Å²) in [5.41, 5.74) is 8.84. The number of aryl methyl sites for hydroxylation is 1. The molecule has 0 spiro atoms. The third kappa shape index (κ3) is 3.19. The molecule has 1 heterocycles. The minimum Gasteiger partial charge on any atom is -0.351 e. The molecule has 0 saturated heterocycles. The zero-order valence-electron chi connectivity index (χ0n) is 13.2. The Labute approximate surface area is 148 Å². The molecule has 5 nitrogen and oxygen atoms in total. The van der Waals surface area contributed by atoms with Gasteiger partial charge < -0.3 is 5.73 Å². The molecule has 0 aliphatic rings. The zero-order valence-corrected chi connectivity index (χ0v) is 14.8. The van der Waals surface area contributed by atoms with Crippen LogP contribution in [0, 0.1) is 0 Å². The van der Waals surface area contributed by atoms with Crippen LogP contribution in [0.1, 0.15) is 6.92 Å². The van der Waals surface area contributed by atoms with E-state index in [9.17, 15) is 4.79 Å². The van der Waals surface area contributed by atoms with E-state index in [2.05, 4.69) is 21.0 Å². The molecule has 0 unspecified atom stereocenters. The highest BCUT2D eigenvalue weighted by Gasteiger charge is 2.15. The van der Waals surface area contributed by atoms with E-state index in [-0.39, 0.29) is 0 Å². The van der Waals surface area contributed by atoms with Gasteiger partial charge in [0.15, 0.2) is 0 Å². The van der Waals surface area contributed by atoms with Crippen LogP contribution in [0.25, 0.3) is 11.3 Å². The third-order valence-corrected chi connectivity index (χ3v) is 4.26. The predicted octanol–water partition coefficient (Wildman–Crippen LogP) is 4.55. The molecular formula is C18H17BrN4O. The number of hydrogen-bond acceptors (Lipinski definition) is 2. The van der Waals surface area contributed by atoms with Crippen molar-refractivity contribution in [3.05, 3.63) is 65.3 Å². The van der Waals surface area contributed by atoms with Gasteiger partial charge in [0.1, 0.15) is 5.69 Å². The number of benzene rings is 2. The molecule has 6 heteroatoms. The molecule has 122 valence electrons. The summed E-state index contributed by atoms with van der Waals surface area (Å²) >= 11 is 3.53. The first-order valence-corrected chi connectivity index (χ1v) is 8.37. The minimum atomic E-state index is -0.523. The van der Waals surface area contributed by atoms with Gasteiger partial charge in [-0.15, -0.1) is 0 Å². The largest absolute Gasteiger partial charge is 0.351 e.